The number of nitrogens with two attached hydrogens (primary N) is 1. The van der Waals surface area contributed by atoms with Gasteiger partial charge in [0.25, 0.3) is 0 Å². The molecule has 24 heavy (non-hydrogen) atoms. The maximum Gasteiger partial charge on any atom is 0.242 e. The van der Waals surface area contributed by atoms with Crippen molar-refractivity contribution in [3.05, 3.63) is 24.5 Å². The maximum atomic E-state index is 11.9. The van der Waals surface area contributed by atoms with Gasteiger partial charge in [-0.05, 0) is 24.5 Å². The molecule has 0 aromatic carbocycles. The lowest BCUT2D eigenvalue weighted by Gasteiger charge is -2.18. The van der Waals surface area contributed by atoms with Crippen molar-refractivity contribution in [1.29, 1.82) is 0 Å². The lowest BCUT2D eigenvalue weighted by Crippen LogP contribution is -2.42. The van der Waals surface area contributed by atoms with Gasteiger partial charge >= 0.3 is 0 Å². The van der Waals surface area contributed by atoms with Crippen molar-refractivity contribution in [3.8, 4) is 0 Å². The first-order valence-corrected chi connectivity index (χ1v) is 8.72. The van der Waals surface area contributed by atoms with Gasteiger partial charge in [0, 0.05) is 37.9 Å². The summed E-state index contributed by atoms with van der Waals surface area (Å²) in [5, 5.41) is 2.81. The number of amides is 1. The van der Waals surface area contributed by atoms with Crippen molar-refractivity contribution in [2.45, 2.75) is 37.6 Å². The van der Waals surface area contributed by atoms with Gasteiger partial charge in [0.15, 0.2) is 0 Å². The van der Waals surface area contributed by atoms with E-state index in [-0.39, 0.29) is 54.6 Å². The number of sulfonamides is 1. The van der Waals surface area contributed by atoms with Gasteiger partial charge in [-0.1, -0.05) is 13.8 Å². The van der Waals surface area contributed by atoms with Crippen LogP contribution in [0.2, 0.25) is 0 Å². The Morgan fingerprint density at radius 1 is 1.33 bits per heavy atom. The van der Waals surface area contributed by atoms with Crippen molar-refractivity contribution in [1.82, 2.24) is 15.0 Å². The SMILES string of the molecule is CC(C)CC(CN)NC(=O)CCNS(=O)(=O)c1cccnc1.Cl.Cl. The fourth-order valence-electron chi connectivity index (χ4n) is 1.97. The van der Waals surface area contributed by atoms with E-state index in [0.29, 0.717) is 12.5 Å². The molecule has 0 aliphatic rings. The summed E-state index contributed by atoms with van der Waals surface area (Å²) in [5.41, 5.74) is 5.61. The van der Waals surface area contributed by atoms with E-state index < -0.39 is 10.0 Å². The van der Waals surface area contributed by atoms with E-state index in [1.54, 1.807) is 6.07 Å². The molecule has 1 heterocycles. The molecule has 4 N–H and O–H groups in total. The van der Waals surface area contributed by atoms with Gasteiger partial charge in [0.1, 0.15) is 4.90 Å². The van der Waals surface area contributed by atoms with Crippen molar-refractivity contribution < 1.29 is 13.2 Å². The second kappa shape index (κ2) is 12.4. The molecule has 1 aromatic heterocycles. The molecule has 1 unspecified atom stereocenters. The maximum absolute atomic E-state index is 11.9. The monoisotopic (exact) mass is 400 g/mol. The summed E-state index contributed by atoms with van der Waals surface area (Å²) in [6, 6.07) is 2.91. The average molecular weight is 401 g/mol. The van der Waals surface area contributed by atoms with Crippen LogP contribution in [-0.2, 0) is 14.8 Å². The zero-order chi connectivity index (χ0) is 16.6. The zero-order valence-electron chi connectivity index (χ0n) is 13.8. The molecule has 1 amide bonds. The minimum Gasteiger partial charge on any atom is -0.352 e. The summed E-state index contributed by atoms with van der Waals surface area (Å²) >= 11 is 0. The van der Waals surface area contributed by atoms with Crippen molar-refractivity contribution in [2.75, 3.05) is 13.1 Å². The predicted molar refractivity (Wildman–Crippen MR) is 99.0 cm³/mol. The first-order valence-electron chi connectivity index (χ1n) is 7.24. The largest absolute Gasteiger partial charge is 0.352 e. The molecule has 0 bridgehead atoms. The molecule has 0 aliphatic carbocycles. The van der Waals surface area contributed by atoms with E-state index in [1.165, 1.54) is 18.5 Å². The predicted octanol–water partition coefficient (Wildman–Crippen LogP) is 1.08. The smallest absolute Gasteiger partial charge is 0.242 e. The molecule has 1 aromatic rings. The lowest BCUT2D eigenvalue weighted by molar-refractivity contribution is -0.121. The Labute approximate surface area is 156 Å². The van der Waals surface area contributed by atoms with Crippen LogP contribution in [-0.4, -0.2) is 38.4 Å². The molecule has 140 valence electrons. The van der Waals surface area contributed by atoms with Gasteiger partial charge in [0.2, 0.25) is 15.9 Å². The quantitative estimate of drug-likeness (QED) is 0.573. The fourth-order valence-corrected chi connectivity index (χ4v) is 2.97. The third-order valence-electron chi connectivity index (χ3n) is 2.99. The Morgan fingerprint density at radius 2 is 2.00 bits per heavy atom. The molecule has 0 saturated carbocycles. The number of hydrogen-bond acceptors (Lipinski definition) is 5. The molecule has 1 rings (SSSR count). The van der Waals surface area contributed by atoms with Crippen LogP contribution in [0.3, 0.4) is 0 Å². The fraction of sp³-hybridized carbons (Fsp3) is 0.571. The first-order chi connectivity index (χ1) is 10.3. The number of hydrogen-bond donors (Lipinski definition) is 3. The first kappa shape index (κ1) is 25.3. The van der Waals surface area contributed by atoms with Crippen molar-refractivity contribution in [2.24, 2.45) is 11.7 Å². The minimum atomic E-state index is -3.63. The normalized spacial score (nSPS) is 12.0. The Hall–Kier alpha value is -0.930. The Kier molecular flexibility index (Phi) is 13.1. The van der Waals surface area contributed by atoms with Gasteiger partial charge < -0.3 is 11.1 Å². The number of carbonyl (C=O) groups excluding carboxylic acids is 1. The van der Waals surface area contributed by atoms with Crippen LogP contribution < -0.4 is 15.8 Å². The second-order valence-electron chi connectivity index (χ2n) is 5.47. The highest BCUT2D eigenvalue weighted by Gasteiger charge is 2.15. The van der Waals surface area contributed by atoms with Gasteiger partial charge in [-0.2, -0.15) is 0 Å². The highest BCUT2D eigenvalue weighted by atomic mass is 35.5. The number of carbonyl (C=O) groups is 1. The highest BCUT2D eigenvalue weighted by Crippen LogP contribution is 2.05. The third kappa shape index (κ3) is 9.39. The Bertz CT molecular complexity index is 571. The standard InChI is InChI=1S/C14H24N4O3S.2ClH/c1-11(2)8-12(9-15)18-14(19)5-7-17-22(20,21)13-4-3-6-16-10-13;;/h3-4,6,10-12,17H,5,7-9,15H2,1-2H3,(H,18,19);2*1H. The number of nitrogens with zero attached hydrogens (tertiary/aromatic N) is 1. The number of pyridine rings is 1. The molecular weight excluding hydrogens is 375 g/mol. The van der Waals surface area contributed by atoms with Crippen molar-refractivity contribution >= 4 is 40.7 Å². The number of halogens is 2. The van der Waals surface area contributed by atoms with E-state index in [9.17, 15) is 13.2 Å². The van der Waals surface area contributed by atoms with Gasteiger partial charge in [-0.15, -0.1) is 24.8 Å². The van der Waals surface area contributed by atoms with Gasteiger partial charge in [0.05, 0.1) is 0 Å². The number of nitrogens with one attached hydrogen (secondary N) is 2. The van der Waals surface area contributed by atoms with Crippen LogP contribution in [0.15, 0.2) is 29.4 Å². The van der Waals surface area contributed by atoms with E-state index in [4.69, 9.17) is 5.73 Å². The van der Waals surface area contributed by atoms with Gasteiger partial charge in [-0.3, -0.25) is 9.78 Å². The van der Waals surface area contributed by atoms with Crippen LogP contribution in [0, 0.1) is 5.92 Å². The average Bonchev–Trinajstić information content (AvgIpc) is 2.46. The molecule has 0 radical (unpaired) electrons. The van der Waals surface area contributed by atoms with Crippen LogP contribution >= 0.6 is 24.8 Å². The summed E-state index contributed by atoms with van der Waals surface area (Å²) in [7, 11) is -3.63. The zero-order valence-corrected chi connectivity index (χ0v) is 16.2. The molecule has 10 heteroatoms. The van der Waals surface area contributed by atoms with Crippen LogP contribution in [0.5, 0.6) is 0 Å². The lowest BCUT2D eigenvalue weighted by atomic mass is 10.0. The molecular formula is C14H26Cl2N4O3S. The molecule has 0 spiro atoms. The highest BCUT2D eigenvalue weighted by molar-refractivity contribution is 7.89. The summed E-state index contributed by atoms with van der Waals surface area (Å²) < 4.78 is 26.2. The topological polar surface area (TPSA) is 114 Å². The Morgan fingerprint density at radius 3 is 2.50 bits per heavy atom. The van der Waals surface area contributed by atoms with E-state index in [2.05, 4.69) is 28.9 Å². The van der Waals surface area contributed by atoms with Gasteiger partial charge in [-0.25, -0.2) is 13.1 Å². The van der Waals surface area contributed by atoms with E-state index in [1.807, 2.05) is 0 Å². The van der Waals surface area contributed by atoms with E-state index >= 15 is 0 Å². The van der Waals surface area contributed by atoms with Crippen LogP contribution in [0.1, 0.15) is 26.7 Å². The van der Waals surface area contributed by atoms with Crippen LogP contribution in [0.25, 0.3) is 0 Å². The summed E-state index contributed by atoms with van der Waals surface area (Å²) in [6.07, 6.45) is 3.61. The molecule has 0 saturated heterocycles. The van der Waals surface area contributed by atoms with Crippen molar-refractivity contribution in [3.63, 3.8) is 0 Å². The third-order valence-corrected chi connectivity index (χ3v) is 4.44. The molecule has 0 aliphatic heterocycles. The number of aromatic nitrogens is 1. The van der Waals surface area contributed by atoms with Crippen LogP contribution in [0.4, 0.5) is 0 Å². The second-order valence-corrected chi connectivity index (χ2v) is 7.23. The minimum absolute atomic E-state index is 0. The number of rotatable bonds is 9. The van der Waals surface area contributed by atoms with E-state index in [0.717, 1.165) is 6.42 Å². The molecule has 1 atom stereocenters. The summed E-state index contributed by atoms with van der Waals surface area (Å²) in [4.78, 5) is 15.6. The molecule has 0 fully saturated rings. The Balaban J connectivity index is 0. The molecule has 7 nitrogen and oxygen atoms in total. The summed E-state index contributed by atoms with van der Waals surface area (Å²) in [6.45, 7) is 4.50. The summed E-state index contributed by atoms with van der Waals surface area (Å²) in [5.74, 6) is 0.211.